The average molecular weight is 345 g/mol. The summed E-state index contributed by atoms with van der Waals surface area (Å²) in [4.78, 5) is 12.2. The number of carbonyl (C=O) groups excluding carboxylic acids is 1. The molecule has 4 rings (SSSR count). The van der Waals surface area contributed by atoms with E-state index in [1.165, 1.54) is 6.07 Å². The van der Waals surface area contributed by atoms with E-state index in [0.717, 1.165) is 31.5 Å². The van der Waals surface area contributed by atoms with Crippen LogP contribution in [0.3, 0.4) is 0 Å². The Bertz CT molecular complexity index is 785. The Labute approximate surface area is 144 Å². The van der Waals surface area contributed by atoms with Crippen LogP contribution in [0.25, 0.3) is 5.69 Å². The lowest BCUT2D eigenvalue weighted by molar-refractivity contribution is -0.126. The first-order valence-electron chi connectivity index (χ1n) is 8.62. The molecule has 0 bridgehead atoms. The van der Waals surface area contributed by atoms with Crippen LogP contribution in [0.4, 0.5) is 10.1 Å². The minimum atomic E-state index is -0.626. The number of halogens is 1. The highest BCUT2D eigenvalue weighted by Gasteiger charge is 2.30. The number of aromatic nitrogens is 4. The summed E-state index contributed by atoms with van der Waals surface area (Å²) in [7, 11) is 0. The van der Waals surface area contributed by atoms with E-state index in [4.69, 9.17) is 4.74 Å². The lowest BCUT2D eigenvalue weighted by atomic mass is 10.2. The van der Waals surface area contributed by atoms with Crippen LogP contribution in [0.1, 0.15) is 44.3 Å². The Balaban J connectivity index is 1.49. The van der Waals surface area contributed by atoms with Gasteiger partial charge in [0.1, 0.15) is 11.9 Å². The van der Waals surface area contributed by atoms with Crippen LogP contribution in [0.15, 0.2) is 18.2 Å². The zero-order valence-electron chi connectivity index (χ0n) is 14.0. The molecule has 25 heavy (non-hydrogen) atoms. The molecule has 1 atom stereocenters. The molecule has 0 radical (unpaired) electrons. The van der Waals surface area contributed by atoms with E-state index in [2.05, 4.69) is 20.8 Å². The summed E-state index contributed by atoms with van der Waals surface area (Å²) in [6.45, 7) is 2.25. The van der Waals surface area contributed by atoms with E-state index in [-0.39, 0.29) is 11.6 Å². The first-order chi connectivity index (χ1) is 12.1. The van der Waals surface area contributed by atoms with Gasteiger partial charge in [0.2, 0.25) is 0 Å². The van der Waals surface area contributed by atoms with Crippen molar-refractivity contribution in [2.75, 3.05) is 11.9 Å². The molecule has 7 nitrogen and oxygen atoms in total. The van der Waals surface area contributed by atoms with Gasteiger partial charge >= 0.3 is 0 Å². The molecule has 2 aliphatic rings. The number of tetrazole rings is 1. The molecule has 2 saturated carbocycles. The minimum absolute atomic E-state index is 0.0987. The van der Waals surface area contributed by atoms with Gasteiger partial charge in [0.25, 0.3) is 5.91 Å². The fraction of sp³-hybridized carbons (Fsp3) is 0.529. The van der Waals surface area contributed by atoms with Gasteiger partial charge in [-0.3, -0.25) is 4.79 Å². The maximum atomic E-state index is 14.1. The fourth-order valence-electron chi connectivity index (χ4n) is 2.59. The summed E-state index contributed by atoms with van der Waals surface area (Å²) in [6.07, 6.45) is 3.79. The van der Waals surface area contributed by atoms with Gasteiger partial charge in [0, 0.05) is 5.92 Å². The van der Waals surface area contributed by atoms with Crippen LogP contribution in [-0.4, -0.2) is 38.8 Å². The van der Waals surface area contributed by atoms with Crippen molar-refractivity contribution >= 4 is 11.6 Å². The van der Waals surface area contributed by atoms with Crippen LogP contribution in [0, 0.1) is 11.7 Å². The second-order valence-electron chi connectivity index (χ2n) is 6.80. The average Bonchev–Trinajstić information content (AvgIpc) is 3.54. The summed E-state index contributed by atoms with van der Waals surface area (Å²) in [5.74, 6) is 0.818. The van der Waals surface area contributed by atoms with Crippen molar-refractivity contribution in [3.63, 3.8) is 0 Å². The molecule has 1 aromatic carbocycles. The molecule has 1 amide bonds. The zero-order valence-corrected chi connectivity index (χ0v) is 14.0. The Morgan fingerprint density at radius 1 is 1.40 bits per heavy atom. The summed E-state index contributed by atoms with van der Waals surface area (Å²) in [5, 5.41) is 14.3. The molecule has 0 unspecified atom stereocenters. The quantitative estimate of drug-likeness (QED) is 0.833. The Morgan fingerprint density at radius 2 is 2.20 bits per heavy atom. The molecule has 2 aliphatic carbocycles. The van der Waals surface area contributed by atoms with Gasteiger partial charge in [-0.15, -0.1) is 5.10 Å². The molecule has 0 spiro atoms. The molecule has 0 aliphatic heterocycles. The lowest BCUT2D eigenvalue weighted by Gasteiger charge is -2.14. The van der Waals surface area contributed by atoms with E-state index in [1.54, 1.807) is 23.7 Å². The van der Waals surface area contributed by atoms with Crippen molar-refractivity contribution in [3.05, 3.63) is 29.8 Å². The van der Waals surface area contributed by atoms with Crippen LogP contribution in [-0.2, 0) is 9.53 Å². The van der Waals surface area contributed by atoms with Crippen molar-refractivity contribution in [1.29, 1.82) is 0 Å². The number of hydrogen-bond donors (Lipinski definition) is 1. The Kier molecular flexibility index (Phi) is 4.20. The standard InChI is InChI=1S/C17H20FN5O2/c1-10(25-9-11-2-3-11)17(24)19-15-8-13(6-7-14(15)18)23-16(12-4-5-12)20-21-22-23/h6-8,10-12H,2-5,9H2,1H3,(H,19,24)/t10-/m0/s1. The molecule has 132 valence electrons. The van der Waals surface area contributed by atoms with Gasteiger partial charge in [-0.05, 0) is 67.2 Å². The van der Waals surface area contributed by atoms with Crippen LogP contribution in [0.5, 0.6) is 0 Å². The van der Waals surface area contributed by atoms with Crippen molar-refractivity contribution < 1.29 is 13.9 Å². The molecule has 0 saturated heterocycles. The number of rotatable bonds is 7. The Morgan fingerprint density at radius 3 is 2.92 bits per heavy atom. The number of nitrogens with one attached hydrogen (secondary N) is 1. The molecule has 1 heterocycles. The predicted octanol–water partition coefficient (Wildman–Crippen LogP) is 2.43. The van der Waals surface area contributed by atoms with Crippen LogP contribution >= 0.6 is 0 Å². The number of anilines is 1. The highest BCUT2D eigenvalue weighted by Crippen LogP contribution is 2.39. The fourth-order valence-corrected chi connectivity index (χ4v) is 2.59. The van der Waals surface area contributed by atoms with Gasteiger partial charge in [0.05, 0.1) is 18.0 Å². The lowest BCUT2D eigenvalue weighted by Crippen LogP contribution is -2.28. The maximum Gasteiger partial charge on any atom is 0.253 e. The normalized spacial score (nSPS) is 18.2. The first-order valence-corrected chi connectivity index (χ1v) is 8.62. The van der Waals surface area contributed by atoms with Crippen LogP contribution < -0.4 is 5.32 Å². The van der Waals surface area contributed by atoms with E-state index < -0.39 is 11.9 Å². The highest BCUT2D eigenvalue weighted by atomic mass is 19.1. The number of carbonyl (C=O) groups is 1. The van der Waals surface area contributed by atoms with Crippen molar-refractivity contribution in [2.24, 2.45) is 5.92 Å². The summed E-state index contributed by atoms with van der Waals surface area (Å²) in [5.41, 5.74) is 0.719. The molecular formula is C17H20FN5O2. The van der Waals surface area contributed by atoms with Gasteiger partial charge in [-0.25, -0.2) is 4.39 Å². The van der Waals surface area contributed by atoms with Crippen molar-refractivity contribution in [1.82, 2.24) is 20.2 Å². The van der Waals surface area contributed by atoms with Gasteiger partial charge in [0.15, 0.2) is 5.82 Å². The van der Waals surface area contributed by atoms with Crippen molar-refractivity contribution in [3.8, 4) is 5.69 Å². The van der Waals surface area contributed by atoms with Crippen molar-refractivity contribution in [2.45, 2.75) is 44.6 Å². The largest absolute Gasteiger partial charge is 0.368 e. The maximum absolute atomic E-state index is 14.1. The second-order valence-corrected chi connectivity index (χ2v) is 6.80. The third-order valence-corrected chi connectivity index (χ3v) is 4.54. The molecule has 1 N–H and O–H groups in total. The first kappa shape index (κ1) is 16.1. The number of nitrogens with zero attached hydrogens (tertiary/aromatic N) is 4. The number of benzene rings is 1. The van der Waals surface area contributed by atoms with E-state index >= 15 is 0 Å². The zero-order chi connectivity index (χ0) is 17.4. The number of hydrogen-bond acceptors (Lipinski definition) is 5. The monoisotopic (exact) mass is 345 g/mol. The third kappa shape index (κ3) is 3.68. The summed E-state index contributed by atoms with van der Waals surface area (Å²) >= 11 is 0. The molecule has 8 heteroatoms. The molecule has 2 aromatic rings. The smallest absolute Gasteiger partial charge is 0.253 e. The van der Waals surface area contributed by atoms with E-state index in [1.807, 2.05) is 0 Å². The molecule has 1 aromatic heterocycles. The third-order valence-electron chi connectivity index (χ3n) is 4.54. The van der Waals surface area contributed by atoms with Gasteiger partial charge in [-0.2, -0.15) is 4.68 Å². The minimum Gasteiger partial charge on any atom is -0.368 e. The summed E-state index contributed by atoms with van der Waals surface area (Å²) < 4.78 is 21.2. The number of ether oxygens (including phenoxy) is 1. The Hall–Kier alpha value is -2.35. The second kappa shape index (κ2) is 6.51. The van der Waals surface area contributed by atoms with Gasteiger partial charge < -0.3 is 10.1 Å². The topological polar surface area (TPSA) is 81.9 Å². The van der Waals surface area contributed by atoms with Gasteiger partial charge in [-0.1, -0.05) is 0 Å². The van der Waals surface area contributed by atoms with E-state index in [0.29, 0.717) is 24.1 Å². The SMILES string of the molecule is C[C@H](OCC1CC1)C(=O)Nc1cc(-n2nnnc2C2CC2)ccc1F. The highest BCUT2D eigenvalue weighted by molar-refractivity contribution is 5.94. The summed E-state index contributed by atoms with van der Waals surface area (Å²) in [6, 6.07) is 4.45. The number of amides is 1. The molecular weight excluding hydrogens is 325 g/mol. The van der Waals surface area contributed by atoms with Crippen LogP contribution in [0.2, 0.25) is 0 Å². The van der Waals surface area contributed by atoms with E-state index in [9.17, 15) is 9.18 Å². The predicted molar refractivity (Wildman–Crippen MR) is 87.9 cm³/mol. The molecule has 2 fully saturated rings.